The van der Waals surface area contributed by atoms with Crippen LogP contribution < -0.4 is 18.9 Å². The van der Waals surface area contributed by atoms with Gasteiger partial charge in [0.2, 0.25) is 5.75 Å². The molecule has 1 saturated heterocycles. The first kappa shape index (κ1) is 19.9. The van der Waals surface area contributed by atoms with E-state index in [1.807, 2.05) is 35.2 Å². The van der Waals surface area contributed by atoms with E-state index in [-0.39, 0.29) is 5.91 Å². The lowest BCUT2D eigenvalue weighted by atomic mass is 9.97. The lowest BCUT2D eigenvalue weighted by Crippen LogP contribution is -2.39. The summed E-state index contributed by atoms with van der Waals surface area (Å²) >= 11 is 0. The van der Waals surface area contributed by atoms with Gasteiger partial charge < -0.3 is 23.8 Å². The molecule has 1 aliphatic heterocycles. The Labute approximate surface area is 166 Å². The molecule has 0 spiro atoms. The number of hydrogen-bond donors (Lipinski definition) is 0. The molecule has 1 heterocycles. The SMILES string of the molecule is COc1cc(C(=O)N2CCC(COc3ccccc3)CC2)cc(OC)c1OC. The molecular formula is C22H27NO5. The summed E-state index contributed by atoms with van der Waals surface area (Å²) < 4.78 is 21.9. The molecule has 0 N–H and O–H groups in total. The number of para-hydroxylation sites is 1. The Morgan fingerprint density at radius 2 is 1.57 bits per heavy atom. The van der Waals surface area contributed by atoms with Crippen LogP contribution in [0.3, 0.4) is 0 Å². The second kappa shape index (κ2) is 9.35. The quantitative estimate of drug-likeness (QED) is 0.728. The van der Waals surface area contributed by atoms with Gasteiger partial charge in [0.1, 0.15) is 5.75 Å². The summed E-state index contributed by atoms with van der Waals surface area (Å²) in [5.74, 6) is 2.76. The summed E-state index contributed by atoms with van der Waals surface area (Å²) in [6, 6.07) is 13.2. The molecule has 0 unspecified atom stereocenters. The van der Waals surface area contributed by atoms with Gasteiger partial charge in [-0.1, -0.05) is 18.2 Å². The number of nitrogens with zero attached hydrogens (tertiary/aromatic N) is 1. The van der Waals surface area contributed by atoms with Crippen LogP contribution in [0.4, 0.5) is 0 Å². The van der Waals surface area contributed by atoms with Crippen LogP contribution in [0, 0.1) is 5.92 Å². The molecule has 1 fully saturated rings. The van der Waals surface area contributed by atoms with Gasteiger partial charge in [-0.25, -0.2) is 0 Å². The fraction of sp³-hybridized carbons (Fsp3) is 0.409. The maximum Gasteiger partial charge on any atom is 0.254 e. The third-order valence-electron chi connectivity index (χ3n) is 5.04. The maximum atomic E-state index is 13.0. The van der Waals surface area contributed by atoms with Crippen LogP contribution in [0.5, 0.6) is 23.0 Å². The number of benzene rings is 2. The second-order valence-electron chi connectivity index (χ2n) is 6.77. The zero-order valence-corrected chi connectivity index (χ0v) is 16.6. The summed E-state index contributed by atoms with van der Waals surface area (Å²) in [6.45, 7) is 2.09. The molecule has 6 heteroatoms. The predicted octanol–water partition coefficient (Wildman–Crippen LogP) is 3.64. The number of amides is 1. The van der Waals surface area contributed by atoms with Crippen molar-refractivity contribution in [3.05, 3.63) is 48.0 Å². The van der Waals surface area contributed by atoms with E-state index in [2.05, 4.69) is 0 Å². The van der Waals surface area contributed by atoms with Crippen LogP contribution in [0.2, 0.25) is 0 Å². The Morgan fingerprint density at radius 3 is 2.11 bits per heavy atom. The van der Waals surface area contributed by atoms with Crippen LogP contribution in [0.1, 0.15) is 23.2 Å². The standard InChI is InChI=1S/C22H27NO5/c1-25-19-13-17(14-20(26-2)21(19)27-3)22(24)23-11-9-16(10-12-23)15-28-18-7-5-4-6-8-18/h4-8,13-14,16H,9-12,15H2,1-3H3. The zero-order valence-electron chi connectivity index (χ0n) is 16.6. The monoisotopic (exact) mass is 385 g/mol. The normalized spacial score (nSPS) is 14.5. The fourth-order valence-corrected chi connectivity index (χ4v) is 3.42. The van der Waals surface area contributed by atoms with Gasteiger partial charge in [0.15, 0.2) is 11.5 Å². The van der Waals surface area contributed by atoms with Crippen LogP contribution >= 0.6 is 0 Å². The first-order valence-electron chi connectivity index (χ1n) is 9.43. The number of methoxy groups -OCH3 is 3. The highest BCUT2D eigenvalue weighted by Crippen LogP contribution is 2.38. The minimum Gasteiger partial charge on any atom is -0.493 e. The summed E-state index contributed by atoms with van der Waals surface area (Å²) in [5.41, 5.74) is 0.536. The molecule has 0 saturated carbocycles. The third kappa shape index (κ3) is 4.50. The van der Waals surface area contributed by atoms with Gasteiger partial charge in [0, 0.05) is 18.7 Å². The van der Waals surface area contributed by atoms with Crippen molar-refractivity contribution in [2.75, 3.05) is 41.0 Å². The van der Waals surface area contributed by atoms with E-state index in [9.17, 15) is 4.79 Å². The number of carbonyl (C=O) groups is 1. The number of carbonyl (C=O) groups excluding carboxylic acids is 1. The maximum absolute atomic E-state index is 13.0. The smallest absolute Gasteiger partial charge is 0.254 e. The molecule has 2 aromatic rings. The number of piperidine rings is 1. The predicted molar refractivity (Wildman–Crippen MR) is 107 cm³/mol. The third-order valence-corrected chi connectivity index (χ3v) is 5.04. The minimum atomic E-state index is -0.0262. The van der Waals surface area contributed by atoms with E-state index in [1.54, 1.807) is 33.5 Å². The second-order valence-corrected chi connectivity index (χ2v) is 6.77. The van der Waals surface area contributed by atoms with Gasteiger partial charge in [-0.05, 0) is 43.0 Å². The average molecular weight is 385 g/mol. The number of hydrogen-bond acceptors (Lipinski definition) is 5. The molecule has 0 atom stereocenters. The van der Waals surface area contributed by atoms with Crippen LogP contribution in [0.15, 0.2) is 42.5 Å². The first-order chi connectivity index (χ1) is 13.7. The van der Waals surface area contributed by atoms with Gasteiger partial charge in [0.25, 0.3) is 5.91 Å². The van der Waals surface area contributed by atoms with Crippen LogP contribution in [0.25, 0.3) is 0 Å². The van der Waals surface area contributed by atoms with Gasteiger partial charge in [-0.3, -0.25) is 4.79 Å². The number of likely N-dealkylation sites (tertiary alicyclic amines) is 1. The molecule has 1 aliphatic rings. The summed E-state index contributed by atoms with van der Waals surface area (Å²) in [7, 11) is 4.64. The van der Waals surface area contributed by atoms with Crippen molar-refractivity contribution in [3.8, 4) is 23.0 Å². The molecule has 150 valence electrons. The highest BCUT2D eigenvalue weighted by molar-refractivity contribution is 5.95. The van der Waals surface area contributed by atoms with Crippen molar-refractivity contribution in [2.45, 2.75) is 12.8 Å². The van der Waals surface area contributed by atoms with Crippen molar-refractivity contribution in [3.63, 3.8) is 0 Å². The topological polar surface area (TPSA) is 57.2 Å². The van der Waals surface area contributed by atoms with Crippen molar-refractivity contribution >= 4 is 5.91 Å². The van der Waals surface area contributed by atoms with Crippen molar-refractivity contribution in [1.82, 2.24) is 4.90 Å². The molecule has 0 aliphatic carbocycles. The van der Waals surface area contributed by atoms with E-state index >= 15 is 0 Å². The molecule has 1 amide bonds. The van der Waals surface area contributed by atoms with Gasteiger partial charge in [0.05, 0.1) is 27.9 Å². The Balaban J connectivity index is 1.60. The minimum absolute atomic E-state index is 0.0262. The molecule has 2 aromatic carbocycles. The summed E-state index contributed by atoms with van der Waals surface area (Å²) in [5, 5.41) is 0. The van der Waals surface area contributed by atoms with Crippen LogP contribution in [-0.4, -0.2) is 51.8 Å². The Hall–Kier alpha value is -2.89. The molecule has 6 nitrogen and oxygen atoms in total. The summed E-state index contributed by atoms with van der Waals surface area (Å²) in [4.78, 5) is 14.8. The molecule has 0 aromatic heterocycles. The molecule has 28 heavy (non-hydrogen) atoms. The molecular weight excluding hydrogens is 358 g/mol. The highest BCUT2D eigenvalue weighted by atomic mass is 16.5. The van der Waals surface area contributed by atoms with Gasteiger partial charge >= 0.3 is 0 Å². The molecule has 0 radical (unpaired) electrons. The van der Waals surface area contributed by atoms with E-state index in [0.717, 1.165) is 18.6 Å². The van der Waals surface area contributed by atoms with Crippen molar-refractivity contribution in [1.29, 1.82) is 0 Å². The van der Waals surface area contributed by atoms with Crippen molar-refractivity contribution in [2.24, 2.45) is 5.92 Å². The number of rotatable bonds is 7. The van der Waals surface area contributed by atoms with Gasteiger partial charge in [-0.15, -0.1) is 0 Å². The average Bonchev–Trinajstić information content (AvgIpc) is 2.77. The lowest BCUT2D eigenvalue weighted by Gasteiger charge is -2.32. The lowest BCUT2D eigenvalue weighted by molar-refractivity contribution is 0.0660. The number of ether oxygens (including phenoxy) is 4. The van der Waals surface area contributed by atoms with Crippen LogP contribution in [-0.2, 0) is 0 Å². The van der Waals surface area contributed by atoms with E-state index in [0.29, 0.717) is 48.4 Å². The van der Waals surface area contributed by atoms with Crippen molar-refractivity contribution < 1.29 is 23.7 Å². The molecule has 0 bridgehead atoms. The van der Waals surface area contributed by atoms with E-state index in [1.165, 1.54) is 0 Å². The Kier molecular flexibility index (Phi) is 6.63. The first-order valence-corrected chi connectivity index (χ1v) is 9.43. The van der Waals surface area contributed by atoms with E-state index in [4.69, 9.17) is 18.9 Å². The Bertz CT molecular complexity index is 760. The molecule has 3 rings (SSSR count). The van der Waals surface area contributed by atoms with Gasteiger partial charge in [-0.2, -0.15) is 0 Å². The Morgan fingerprint density at radius 1 is 0.964 bits per heavy atom. The largest absolute Gasteiger partial charge is 0.493 e. The highest BCUT2D eigenvalue weighted by Gasteiger charge is 2.26. The summed E-state index contributed by atoms with van der Waals surface area (Å²) in [6.07, 6.45) is 1.84. The van der Waals surface area contributed by atoms with E-state index < -0.39 is 0 Å². The zero-order chi connectivity index (χ0) is 19.9. The fourth-order valence-electron chi connectivity index (χ4n) is 3.42.